The fourth-order valence-corrected chi connectivity index (χ4v) is 2.25. The summed E-state index contributed by atoms with van der Waals surface area (Å²) >= 11 is 0. The molecule has 3 aromatic heterocycles. The first-order valence-corrected chi connectivity index (χ1v) is 6.76. The lowest BCUT2D eigenvalue weighted by atomic mass is 10.3. The van der Waals surface area contributed by atoms with Gasteiger partial charge in [-0.05, 0) is 26.0 Å². The Morgan fingerprint density at radius 3 is 2.95 bits per heavy atom. The van der Waals surface area contributed by atoms with Crippen molar-refractivity contribution in [3.05, 3.63) is 48.4 Å². The maximum Gasteiger partial charge on any atom is 0.160 e. The average Bonchev–Trinajstić information content (AvgIpc) is 3.06. The van der Waals surface area contributed by atoms with Crippen molar-refractivity contribution >= 4 is 5.65 Å². The molecule has 0 radical (unpaired) electrons. The van der Waals surface area contributed by atoms with Crippen LogP contribution in [0.4, 0.5) is 0 Å². The van der Waals surface area contributed by atoms with E-state index in [1.165, 1.54) is 5.69 Å². The summed E-state index contributed by atoms with van der Waals surface area (Å²) in [7, 11) is 0. The predicted octanol–water partition coefficient (Wildman–Crippen LogP) is 1.80. The van der Waals surface area contributed by atoms with Crippen LogP contribution < -0.4 is 5.32 Å². The number of imidazole rings is 1. The fourth-order valence-electron chi connectivity index (χ4n) is 2.25. The summed E-state index contributed by atoms with van der Waals surface area (Å²) in [5.74, 6) is 0.913. The van der Waals surface area contributed by atoms with Gasteiger partial charge in [0, 0.05) is 25.0 Å². The molecule has 0 amide bonds. The van der Waals surface area contributed by atoms with Crippen LogP contribution >= 0.6 is 0 Å². The van der Waals surface area contributed by atoms with Gasteiger partial charge in [0.1, 0.15) is 0 Å². The molecule has 0 aliphatic heterocycles. The van der Waals surface area contributed by atoms with Gasteiger partial charge in [0.15, 0.2) is 11.5 Å². The Bertz CT molecular complexity index is 696. The van der Waals surface area contributed by atoms with E-state index < -0.39 is 0 Å². The highest BCUT2D eigenvalue weighted by Crippen LogP contribution is 2.09. The number of nitrogens with zero attached hydrogens (tertiary/aromatic N) is 5. The van der Waals surface area contributed by atoms with Crippen molar-refractivity contribution in [3.63, 3.8) is 0 Å². The molecule has 20 heavy (non-hydrogen) atoms. The Morgan fingerprint density at radius 2 is 2.10 bits per heavy atom. The van der Waals surface area contributed by atoms with E-state index in [4.69, 9.17) is 0 Å². The summed E-state index contributed by atoms with van der Waals surface area (Å²) in [5, 5.41) is 11.7. The van der Waals surface area contributed by atoms with E-state index >= 15 is 0 Å². The van der Waals surface area contributed by atoms with Crippen LogP contribution in [0.5, 0.6) is 0 Å². The Morgan fingerprint density at radius 1 is 1.20 bits per heavy atom. The Balaban J connectivity index is 1.67. The molecule has 3 heterocycles. The van der Waals surface area contributed by atoms with Gasteiger partial charge in [0.25, 0.3) is 0 Å². The number of pyridine rings is 1. The van der Waals surface area contributed by atoms with Gasteiger partial charge in [-0.15, -0.1) is 10.2 Å². The minimum Gasteiger partial charge on any atom is -0.331 e. The van der Waals surface area contributed by atoms with Gasteiger partial charge in [0.2, 0.25) is 0 Å². The van der Waals surface area contributed by atoms with E-state index in [0.717, 1.165) is 18.0 Å². The Hall–Kier alpha value is -2.21. The second-order valence-electron chi connectivity index (χ2n) is 5.03. The number of hydrogen-bond donors (Lipinski definition) is 1. The molecule has 0 unspecified atom stereocenters. The topological polar surface area (TPSA) is 60.0 Å². The highest BCUT2D eigenvalue weighted by Gasteiger charge is 2.07. The molecule has 0 bridgehead atoms. The predicted molar refractivity (Wildman–Crippen MR) is 76.1 cm³/mol. The van der Waals surface area contributed by atoms with Crippen LogP contribution in [0.25, 0.3) is 5.65 Å². The number of hydrogen-bond acceptors (Lipinski definition) is 4. The second kappa shape index (κ2) is 5.42. The number of fused-ring (bicyclic) bond motifs is 1. The zero-order valence-electron chi connectivity index (χ0n) is 11.7. The van der Waals surface area contributed by atoms with Crippen LogP contribution in [-0.4, -0.2) is 24.1 Å². The third kappa shape index (κ3) is 2.42. The number of rotatable bonds is 5. The molecule has 0 atom stereocenters. The summed E-state index contributed by atoms with van der Waals surface area (Å²) in [6.45, 7) is 5.74. The van der Waals surface area contributed by atoms with Crippen LogP contribution in [-0.2, 0) is 13.1 Å². The van der Waals surface area contributed by atoms with Gasteiger partial charge in [-0.25, -0.2) is 4.98 Å². The van der Waals surface area contributed by atoms with E-state index in [2.05, 4.69) is 38.9 Å². The normalized spacial score (nSPS) is 11.6. The van der Waals surface area contributed by atoms with Crippen LogP contribution in [0.15, 0.2) is 36.9 Å². The SMILES string of the molecule is CC(C)n1cncc1CNCc1nnc2ccccn12. The molecule has 1 N–H and O–H groups in total. The zero-order valence-corrected chi connectivity index (χ0v) is 11.7. The molecule has 0 saturated carbocycles. The first-order valence-electron chi connectivity index (χ1n) is 6.76. The minimum atomic E-state index is 0.420. The van der Waals surface area contributed by atoms with Gasteiger partial charge in [-0.2, -0.15) is 0 Å². The van der Waals surface area contributed by atoms with Crippen LogP contribution in [0.1, 0.15) is 31.4 Å². The molecule has 0 spiro atoms. The van der Waals surface area contributed by atoms with Gasteiger partial charge >= 0.3 is 0 Å². The van der Waals surface area contributed by atoms with E-state index in [0.29, 0.717) is 12.6 Å². The monoisotopic (exact) mass is 270 g/mol. The summed E-state index contributed by atoms with van der Waals surface area (Å²) in [5.41, 5.74) is 2.05. The second-order valence-corrected chi connectivity index (χ2v) is 5.03. The van der Waals surface area contributed by atoms with E-state index in [9.17, 15) is 0 Å². The third-order valence-corrected chi connectivity index (χ3v) is 3.28. The first-order chi connectivity index (χ1) is 9.75. The molecule has 3 aromatic rings. The van der Waals surface area contributed by atoms with Gasteiger partial charge in [0.05, 0.1) is 18.6 Å². The minimum absolute atomic E-state index is 0.420. The van der Waals surface area contributed by atoms with Gasteiger partial charge in [-0.3, -0.25) is 4.40 Å². The van der Waals surface area contributed by atoms with Crippen molar-refractivity contribution in [1.82, 2.24) is 29.5 Å². The summed E-state index contributed by atoms with van der Waals surface area (Å²) < 4.78 is 4.15. The van der Waals surface area contributed by atoms with Crippen molar-refractivity contribution in [3.8, 4) is 0 Å². The zero-order chi connectivity index (χ0) is 13.9. The summed E-state index contributed by atoms with van der Waals surface area (Å²) in [6.07, 6.45) is 5.74. The average molecular weight is 270 g/mol. The molecule has 0 aliphatic rings. The smallest absolute Gasteiger partial charge is 0.160 e. The highest BCUT2D eigenvalue weighted by molar-refractivity contribution is 5.36. The lowest BCUT2D eigenvalue weighted by Crippen LogP contribution is -2.18. The van der Waals surface area contributed by atoms with Crippen LogP contribution in [0.2, 0.25) is 0 Å². The summed E-state index contributed by atoms with van der Waals surface area (Å²) in [4.78, 5) is 4.20. The summed E-state index contributed by atoms with van der Waals surface area (Å²) in [6, 6.07) is 6.31. The number of nitrogens with one attached hydrogen (secondary N) is 1. The molecule has 3 rings (SSSR count). The fraction of sp³-hybridized carbons (Fsp3) is 0.357. The van der Waals surface area contributed by atoms with Crippen molar-refractivity contribution < 1.29 is 0 Å². The van der Waals surface area contributed by atoms with E-state index in [1.54, 1.807) is 0 Å². The molecule has 6 nitrogen and oxygen atoms in total. The van der Waals surface area contributed by atoms with Crippen molar-refractivity contribution in [2.75, 3.05) is 0 Å². The third-order valence-electron chi connectivity index (χ3n) is 3.28. The van der Waals surface area contributed by atoms with E-state index in [1.807, 2.05) is 41.3 Å². The quantitative estimate of drug-likeness (QED) is 0.768. The highest BCUT2D eigenvalue weighted by atomic mass is 15.3. The molecule has 0 aliphatic carbocycles. The van der Waals surface area contributed by atoms with E-state index in [-0.39, 0.29) is 0 Å². The maximum atomic E-state index is 4.20. The molecule has 6 heteroatoms. The van der Waals surface area contributed by atoms with Gasteiger partial charge < -0.3 is 9.88 Å². The Kier molecular flexibility index (Phi) is 3.47. The first kappa shape index (κ1) is 12.8. The maximum absolute atomic E-state index is 4.20. The van der Waals surface area contributed by atoms with Crippen LogP contribution in [0.3, 0.4) is 0 Å². The lowest BCUT2D eigenvalue weighted by molar-refractivity contribution is 0.546. The van der Waals surface area contributed by atoms with Crippen molar-refractivity contribution in [1.29, 1.82) is 0 Å². The Labute approximate surface area is 117 Å². The number of aromatic nitrogens is 5. The standard InChI is InChI=1S/C14H18N6/c1-11(2)20-10-16-8-12(20)7-15-9-14-18-17-13-5-3-4-6-19(13)14/h3-6,8,10-11,15H,7,9H2,1-2H3. The van der Waals surface area contributed by atoms with Crippen molar-refractivity contribution in [2.45, 2.75) is 33.0 Å². The molecule has 104 valence electrons. The molecule has 0 aromatic carbocycles. The van der Waals surface area contributed by atoms with Crippen LogP contribution in [0, 0.1) is 0 Å². The lowest BCUT2D eigenvalue weighted by Gasteiger charge is -2.11. The molecule has 0 saturated heterocycles. The molecular formula is C14H18N6. The largest absolute Gasteiger partial charge is 0.331 e. The molecule has 0 fully saturated rings. The molecular weight excluding hydrogens is 252 g/mol. The van der Waals surface area contributed by atoms with Crippen molar-refractivity contribution in [2.24, 2.45) is 0 Å². The van der Waals surface area contributed by atoms with Gasteiger partial charge in [-0.1, -0.05) is 6.07 Å².